The van der Waals surface area contributed by atoms with Crippen LogP contribution in [0.25, 0.3) is 0 Å². The molecule has 1 aliphatic rings. The number of benzene rings is 2. The molecule has 2 nitrogen and oxygen atoms in total. The molecule has 0 bridgehead atoms. The minimum atomic E-state index is 0.163. The fourth-order valence-corrected chi connectivity index (χ4v) is 2.83. The summed E-state index contributed by atoms with van der Waals surface area (Å²) in [6, 6.07) is 16.5. The van der Waals surface area contributed by atoms with E-state index < -0.39 is 0 Å². The lowest BCUT2D eigenvalue weighted by Gasteiger charge is -2.17. The van der Waals surface area contributed by atoms with Crippen LogP contribution in [0.3, 0.4) is 0 Å². The van der Waals surface area contributed by atoms with Gasteiger partial charge in [0, 0.05) is 23.4 Å². The van der Waals surface area contributed by atoms with Crippen molar-refractivity contribution >= 4 is 17.3 Å². The average molecular weight is 316 g/mol. The third kappa shape index (κ3) is 4.25. The molecule has 3 rings (SSSR count). The number of halogens is 1. The first kappa shape index (κ1) is 15.4. The molecule has 1 fully saturated rings. The predicted octanol–water partition coefficient (Wildman–Crippen LogP) is 5.44. The van der Waals surface area contributed by atoms with Gasteiger partial charge in [-0.3, -0.25) is 0 Å². The van der Waals surface area contributed by atoms with E-state index in [1.807, 2.05) is 18.2 Å². The molecule has 0 saturated heterocycles. The molecule has 3 heteroatoms. The van der Waals surface area contributed by atoms with Gasteiger partial charge in [-0.15, -0.1) is 0 Å². The Morgan fingerprint density at radius 2 is 2.00 bits per heavy atom. The Labute approximate surface area is 137 Å². The van der Waals surface area contributed by atoms with Gasteiger partial charge in [0.2, 0.25) is 0 Å². The average Bonchev–Trinajstić information content (AvgIpc) is 3.32. The van der Waals surface area contributed by atoms with Crippen LogP contribution in [0.2, 0.25) is 5.02 Å². The van der Waals surface area contributed by atoms with Crippen LogP contribution in [0.1, 0.15) is 36.9 Å². The SMILES string of the molecule is CC(Nc1cccc(COCC2CC2)c1)c1ccccc1Cl. The second-order valence-corrected chi connectivity index (χ2v) is 6.45. The number of rotatable bonds is 7. The van der Waals surface area contributed by atoms with Crippen molar-refractivity contribution in [2.24, 2.45) is 5.92 Å². The van der Waals surface area contributed by atoms with Crippen LogP contribution in [0.4, 0.5) is 5.69 Å². The Kier molecular flexibility index (Phi) is 5.01. The van der Waals surface area contributed by atoms with Crippen molar-refractivity contribution < 1.29 is 4.74 Å². The molecule has 0 radical (unpaired) electrons. The van der Waals surface area contributed by atoms with Crippen molar-refractivity contribution in [2.75, 3.05) is 11.9 Å². The van der Waals surface area contributed by atoms with Gasteiger partial charge < -0.3 is 10.1 Å². The van der Waals surface area contributed by atoms with E-state index in [1.165, 1.54) is 18.4 Å². The smallest absolute Gasteiger partial charge is 0.0717 e. The lowest BCUT2D eigenvalue weighted by molar-refractivity contribution is 0.111. The third-order valence-corrected chi connectivity index (χ3v) is 4.35. The zero-order valence-electron chi connectivity index (χ0n) is 12.9. The fraction of sp³-hybridized carbons (Fsp3) is 0.368. The van der Waals surface area contributed by atoms with Gasteiger partial charge in [0.25, 0.3) is 0 Å². The van der Waals surface area contributed by atoms with E-state index in [2.05, 4.69) is 42.6 Å². The second-order valence-electron chi connectivity index (χ2n) is 6.05. The molecule has 1 atom stereocenters. The number of nitrogens with one attached hydrogen (secondary N) is 1. The molecule has 1 saturated carbocycles. The highest BCUT2D eigenvalue weighted by molar-refractivity contribution is 6.31. The maximum Gasteiger partial charge on any atom is 0.0717 e. The maximum atomic E-state index is 6.26. The summed E-state index contributed by atoms with van der Waals surface area (Å²) < 4.78 is 5.76. The van der Waals surface area contributed by atoms with Crippen LogP contribution >= 0.6 is 11.6 Å². The summed E-state index contributed by atoms with van der Waals surface area (Å²) in [6.07, 6.45) is 2.66. The van der Waals surface area contributed by atoms with Crippen LogP contribution in [-0.2, 0) is 11.3 Å². The van der Waals surface area contributed by atoms with Crippen LogP contribution in [-0.4, -0.2) is 6.61 Å². The fourth-order valence-electron chi connectivity index (χ4n) is 2.53. The number of ether oxygens (including phenoxy) is 1. The largest absolute Gasteiger partial charge is 0.378 e. The molecule has 2 aromatic carbocycles. The monoisotopic (exact) mass is 315 g/mol. The van der Waals surface area contributed by atoms with Gasteiger partial charge in [0.15, 0.2) is 0 Å². The molecule has 0 amide bonds. The summed E-state index contributed by atoms with van der Waals surface area (Å²) in [7, 11) is 0. The minimum absolute atomic E-state index is 0.163. The highest BCUT2D eigenvalue weighted by Crippen LogP contribution is 2.29. The second kappa shape index (κ2) is 7.17. The zero-order chi connectivity index (χ0) is 15.4. The molecule has 22 heavy (non-hydrogen) atoms. The van der Waals surface area contributed by atoms with Gasteiger partial charge in [0.1, 0.15) is 0 Å². The predicted molar refractivity (Wildman–Crippen MR) is 92.3 cm³/mol. The number of hydrogen-bond donors (Lipinski definition) is 1. The van der Waals surface area contributed by atoms with Crippen LogP contribution in [0.15, 0.2) is 48.5 Å². The standard InChI is InChI=1S/C19H22ClNO/c1-14(18-7-2-3-8-19(18)20)21-17-6-4-5-16(11-17)13-22-12-15-9-10-15/h2-8,11,14-15,21H,9-10,12-13H2,1H3. The van der Waals surface area contributed by atoms with E-state index in [0.29, 0.717) is 6.61 Å². The van der Waals surface area contributed by atoms with E-state index >= 15 is 0 Å². The molecule has 1 aliphatic carbocycles. The molecule has 0 spiro atoms. The van der Waals surface area contributed by atoms with Crippen LogP contribution in [0, 0.1) is 5.92 Å². The lowest BCUT2D eigenvalue weighted by Crippen LogP contribution is -2.07. The first-order valence-electron chi connectivity index (χ1n) is 7.90. The first-order valence-corrected chi connectivity index (χ1v) is 8.28. The Balaban J connectivity index is 1.60. The third-order valence-electron chi connectivity index (χ3n) is 4.00. The summed E-state index contributed by atoms with van der Waals surface area (Å²) in [5.41, 5.74) is 3.41. The van der Waals surface area contributed by atoms with E-state index in [1.54, 1.807) is 0 Å². The molecule has 0 aliphatic heterocycles. The molecule has 2 aromatic rings. The van der Waals surface area contributed by atoms with E-state index in [-0.39, 0.29) is 6.04 Å². The number of hydrogen-bond acceptors (Lipinski definition) is 2. The topological polar surface area (TPSA) is 21.3 Å². The van der Waals surface area contributed by atoms with Gasteiger partial charge in [-0.05, 0) is 55.0 Å². The van der Waals surface area contributed by atoms with Gasteiger partial charge in [0.05, 0.1) is 6.61 Å². The summed E-state index contributed by atoms with van der Waals surface area (Å²) in [6.45, 7) is 3.71. The van der Waals surface area contributed by atoms with Gasteiger partial charge in [-0.2, -0.15) is 0 Å². The normalized spacial score (nSPS) is 15.5. The van der Waals surface area contributed by atoms with E-state index in [9.17, 15) is 0 Å². The first-order chi connectivity index (χ1) is 10.7. The minimum Gasteiger partial charge on any atom is -0.378 e. The molecule has 1 unspecified atom stereocenters. The van der Waals surface area contributed by atoms with Crippen molar-refractivity contribution in [3.05, 3.63) is 64.7 Å². The summed E-state index contributed by atoms with van der Waals surface area (Å²) in [5, 5.41) is 4.31. The van der Waals surface area contributed by atoms with Gasteiger partial charge >= 0.3 is 0 Å². The van der Waals surface area contributed by atoms with Crippen LogP contribution < -0.4 is 5.32 Å². The Morgan fingerprint density at radius 3 is 2.77 bits per heavy atom. The zero-order valence-corrected chi connectivity index (χ0v) is 13.6. The van der Waals surface area contributed by atoms with E-state index in [0.717, 1.165) is 28.8 Å². The molecular weight excluding hydrogens is 294 g/mol. The lowest BCUT2D eigenvalue weighted by atomic mass is 10.1. The van der Waals surface area contributed by atoms with Gasteiger partial charge in [-0.25, -0.2) is 0 Å². The summed E-state index contributed by atoms with van der Waals surface area (Å²) in [4.78, 5) is 0. The molecule has 0 aromatic heterocycles. The Morgan fingerprint density at radius 1 is 1.18 bits per heavy atom. The summed E-state index contributed by atoms with van der Waals surface area (Å²) in [5.74, 6) is 0.807. The van der Waals surface area contributed by atoms with Crippen molar-refractivity contribution in [1.29, 1.82) is 0 Å². The highest BCUT2D eigenvalue weighted by Gasteiger charge is 2.21. The maximum absolute atomic E-state index is 6.26. The molecule has 1 N–H and O–H groups in total. The Bertz CT molecular complexity index is 624. The van der Waals surface area contributed by atoms with Crippen molar-refractivity contribution in [1.82, 2.24) is 0 Å². The highest BCUT2D eigenvalue weighted by atomic mass is 35.5. The molecular formula is C19H22ClNO. The number of anilines is 1. The quantitative estimate of drug-likeness (QED) is 0.734. The van der Waals surface area contributed by atoms with Gasteiger partial charge in [-0.1, -0.05) is 41.9 Å². The molecule has 116 valence electrons. The van der Waals surface area contributed by atoms with Crippen LogP contribution in [0.5, 0.6) is 0 Å². The molecule has 0 heterocycles. The van der Waals surface area contributed by atoms with E-state index in [4.69, 9.17) is 16.3 Å². The van der Waals surface area contributed by atoms with Crippen molar-refractivity contribution in [2.45, 2.75) is 32.4 Å². The summed E-state index contributed by atoms with van der Waals surface area (Å²) >= 11 is 6.26. The van der Waals surface area contributed by atoms with Crippen molar-refractivity contribution in [3.63, 3.8) is 0 Å². The van der Waals surface area contributed by atoms with Crippen molar-refractivity contribution in [3.8, 4) is 0 Å². The Hall–Kier alpha value is -1.51.